The second-order valence-corrected chi connectivity index (χ2v) is 7.62. The fraction of sp³-hybridized carbons (Fsp3) is 0.524. The number of hydrogen-bond donors (Lipinski definition) is 1. The van der Waals surface area contributed by atoms with Crippen LogP contribution in [0.2, 0.25) is 0 Å². The van der Waals surface area contributed by atoms with E-state index >= 15 is 0 Å². The summed E-state index contributed by atoms with van der Waals surface area (Å²) in [6, 6.07) is 9.42. The van der Waals surface area contributed by atoms with Gasteiger partial charge in [0.15, 0.2) is 5.82 Å². The minimum Gasteiger partial charge on any atom is -0.353 e. The number of amides is 2. The highest BCUT2D eigenvalue weighted by atomic mass is 16.5. The highest BCUT2D eigenvalue weighted by Gasteiger charge is 2.33. The maximum Gasteiger partial charge on any atom is 0.254 e. The molecular weight excluding hydrogens is 356 g/mol. The molecule has 7 heteroatoms. The first-order valence-electron chi connectivity index (χ1n) is 10.2. The normalized spacial score (nSPS) is 19.9. The van der Waals surface area contributed by atoms with Crippen LogP contribution in [-0.2, 0) is 11.2 Å². The van der Waals surface area contributed by atoms with Crippen LogP contribution in [0.5, 0.6) is 0 Å². The van der Waals surface area contributed by atoms with Crippen molar-refractivity contribution < 1.29 is 14.1 Å². The lowest BCUT2D eigenvalue weighted by Crippen LogP contribution is -2.32. The summed E-state index contributed by atoms with van der Waals surface area (Å²) in [5.41, 5.74) is 0.668. The van der Waals surface area contributed by atoms with Gasteiger partial charge in [0.2, 0.25) is 11.8 Å². The molecule has 148 valence electrons. The Hall–Kier alpha value is -2.70. The molecule has 2 heterocycles. The topological polar surface area (TPSA) is 88.3 Å². The van der Waals surface area contributed by atoms with Gasteiger partial charge in [0.25, 0.3) is 5.91 Å². The standard InChI is InChI=1S/C21H26N4O3/c26-18(22-16-9-4-5-10-16)12-13-19-23-20(24-28-19)17-11-6-14-25(17)21(27)15-7-2-1-3-8-15/h1-3,7-8,16-17H,4-6,9-14H2,(H,22,26). The number of rotatable bonds is 6. The van der Waals surface area contributed by atoms with Crippen LogP contribution < -0.4 is 5.32 Å². The average molecular weight is 382 g/mol. The zero-order valence-corrected chi connectivity index (χ0v) is 16.0. The first-order chi connectivity index (χ1) is 13.7. The van der Waals surface area contributed by atoms with E-state index in [1.165, 1.54) is 12.8 Å². The van der Waals surface area contributed by atoms with Crippen molar-refractivity contribution in [3.8, 4) is 0 Å². The number of nitrogens with one attached hydrogen (secondary N) is 1. The van der Waals surface area contributed by atoms with E-state index in [4.69, 9.17) is 4.52 Å². The third kappa shape index (κ3) is 4.24. The predicted molar refractivity (Wildman–Crippen MR) is 102 cm³/mol. The number of aromatic nitrogens is 2. The Morgan fingerprint density at radius 2 is 1.89 bits per heavy atom. The van der Waals surface area contributed by atoms with Gasteiger partial charge in [-0.1, -0.05) is 36.2 Å². The lowest BCUT2D eigenvalue weighted by Gasteiger charge is -2.22. The molecule has 0 radical (unpaired) electrons. The molecule has 0 bridgehead atoms. The number of carbonyl (C=O) groups excluding carboxylic acids is 2. The highest BCUT2D eigenvalue weighted by molar-refractivity contribution is 5.94. The third-order valence-corrected chi connectivity index (χ3v) is 5.60. The van der Waals surface area contributed by atoms with Crippen molar-refractivity contribution in [1.82, 2.24) is 20.4 Å². The number of carbonyl (C=O) groups is 2. The summed E-state index contributed by atoms with van der Waals surface area (Å²) in [5.74, 6) is 1.02. The first-order valence-corrected chi connectivity index (χ1v) is 10.2. The quantitative estimate of drug-likeness (QED) is 0.830. The number of benzene rings is 1. The second kappa shape index (κ2) is 8.54. The summed E-state index contributed by atoms with van der Waals surface area (Å²) >= 11 is 0. The SMILES string of the molecule is O=C(CCc1nc(C2CCCN2C(=O)c2ccccc2)no1)NC1CCCC1. The molecule has 0 spiro atoms. The van der Waals surface area contributed by atoms with E-state index in [0.29, 0.717) is 42.7 Å². The van der Waals surface area contributed by atoms with Crippen LogP contribution in [-0.4, -0.2) is 39.4 Å². The zero-order chi connectivity index (χ0) is 19.3. The molecule has 1 aromatic heterocycles. The molecule has 28 heavy (non-hydrogen) atoms. The van der Waals surface area contributed by atoms with Crippen LogP contribution in [0.4, 0.5) is 0 Å². The van der Waals surface area contributed by atoms with E-state index in [0.717, 1.165) is 25.7 Å². The van der Waals surface area contributed by atoms with E-state index in [9.17, 15) is 9.59 Å². The molecule has 1 unspecified atom stereocenters. The molecule has 1 saturated heterocycles. The number of aryl methyl sites for hydroxylation is 1. The van der Waals surface area contributed by atoms with E-state index < -0.39 is 0 Å². The van der Waals surface area contributed by atoms with E-state index in [1.54, 1.807) is 0 Å². The summed E-state index contributed by atoms with van der Waals surface area (Å²) in [4.78, 5) is 31.2. The molecule has 1 N–H and O–H groups in total. The van der Waals surface area contributed by atoms with E-state index in [2.05, 4.69) is 15.5 Å². The maximum absolute atomic E-state index is 12.8. The molecule has 1 atom stereocenters. The molecule has 1 saturated carbocycles. The van der Waals surface area contributed by atoms with Gasteiger partial charge < -0.3 is 14.7 Å². The summed E-state index contributed by atoms with van der Waals surface area (Å²) in [7, 11) is 0. The van der Waals surface area contributed by atoms with Gasteiger partial charge in [-0.05, 0) is 37.8 Å². The van der Waals surface area contributed by atoms with Crippen molar-refractivity contribution in [2.45, 2.75) is 63.5 Å². The summed E-state index contributed by atoms with van der Waals surface area (Å²) in [6.07, 6.45) is 7.03. The van der Waals surface area contributed by atoms with Gasteiger partial charge in [0.1, 0.15) is 0 Å². The number of likely N-dealkylation sites (tertiary alicyclic amines) is 1. The molecule has 2 amide bonds. The molecule has 1 aromatic carbocycles. The molecular formula is C21H26N4O3. The lowest BCUT2D eigenvalue weighted by atomic mass is 10.1. The van der Waals surface area contributed by atoms with Gasteiger partial charge in [-0.15, -0.1) is 0 Å². The minimum atomic E-state index is -0.169. The predicted octanol–water partition coefficient (Wildman–Crippen LogP) is 3.04. The van der Waals surface area contributed by atoms with Gasteiger partial charge in [-0.2, -0.15) is 4.98 Å². The molecule has 2 aliphatic rings. The van der Waals surface area contributed by atoms with E-state index in [1.807, 2.05) is 35.2 Å². The van der Waals surface area contributed by atoms with Crippen LogP contribution >= 0.6 is 0 Å². The van der Waals surface area contributed by atoms with Crippen LogP contribution in [0.1, 0.15) is 73.1 Å². The van der Waals surface area contributed by atoms with Crippen molar-refractivity contribution in [3.63, 3.8) is 0 Å². The molecule has 2 fully saturated rings. The van der Waals surface area contributed by atoms with Crippen molar-refractivity contribution in [2.75, 3.05) is 6.54 Å². The summed E-state index contributed by atoms with van der Waals surface area (Å²) in [6.45, 7) is 0.687. The largest absolute Gasteiger partial charge is 0.353 e. The van der Waals surface area contributed by atoms with Crippen molar-refractivity contribution in [3.05, 3.63) is 47.6 Å². The minimum absolute atomic E-state index is 0.00890. The van der Waals surface area contributed by atoms with Crippen molar-refractivity contribution >= 4 is 11.8 Å². The van der Waals surface area contributed by atoms with Gasteiger partial charge in [-0.25, -0.2) is 0 Å². The number of hydrogen-bond acceptors (Lipinski definition) is 5. The fourth-order valence-corrected chi connectivity index (χ4v) is 4.12. The lowest BCUT2D eigenvalue weighted by molar-refractivity contribution is -0.121. The Morgan fingerprint density at radius 1 is 1.11 bits per heavy atom. The first kappa shape index (κ1) is 18.7. The van der Waals surface area contributed by atoms with Crippen LogP contribution in [0.15, 0.2) is 34.9 Å². The van der Waals surface area contributed by atoms with Gasteiger partial charge in [0, 0.05) is 31.0 Å². The Labute approximate surface area is 164 Å². The summed E-state index contributed by atoms with van der Waals surface area (Å²) < 4.78 is 5.35. The Kier molecular flexibility index (Phi) is 5.69. The van der Waals surface area contributed by atoms with Crippen molar-refractivity contribution in [2.24, 2.45) is 0 Å². The second-order valence-electron chi connectivity index (χ2n) is 7.62. The molecule has 1 aliphatic carbocycles. The van der Waals surface area contributed by atoms with Gasteiger partial charge >= 0.3 is 0 Å². The zero-order valence-electron chi connectivity index (χ0n) is 16.0. The Bertz CT molecular complexity index is 814. The van der Waals surface area contributed by atoms with Gasteiger partial charge in [-0.3, -0.25) is 9.59 Å². The Morgan fingerprint density at radius 3 is 2.68 bits per heavy atom. The smallest absolute Gasteiger partial charge is 0.254 e. The summed E-state index contributed by atoms with van der Waals surface area (Å²) in [5, 5.41) is 7.16. The van der Waals surface area contributed by atoms with Crippen LogP contribution in [0.3, 0.4) is 0 Å². The van der Waals surface area contributed by atoms with Crippen LogP contribution in [0.25, 0.3) is 0 Å². The fourth-order valence-electron chi connectivity index (χ4n) is 4.12. The van der Waals surface area contributed by atoms with E-state index in [-0.39, 0.29) is 17.9 Å². The number of nitrogens with zero attached hydrogens (tertiary/aromatic N) is 3. The highest BCUT2D eigenvalue weighted by Crippen LogP contribution is 2.31. The van der Waals surface area contributed by atoms with Crippen molar-refractivity contribution in [1.29, 1.82) is 0 Å². The maximum atomic E-state index is 12.8. The molecule has 2 aromatic rings. The third-order valence-electron chi connectivity index (χ3n) is 5.60. The Balaban J connectivity index is 1.35. The molecule has 7 nitrogen and oxygen atoms in total. The molecule has 1 aliphatic heterocycles. The monoisotopic (exact) mass is 382 g/mol. The van der Waals surface area contributed by atoms with Gasteiger partial charge in [0.05, 0.1) is 6.04 Å². The molecule has 4 rings (SSSR count). The van der Waals surface area contributed by atoms with Crippen LogP contribution in [0, 0.1) is 0 Å². The average Bonchev–Trinajstić information content (AvgIpc) is 3.47.